The Morgan fingerprint density at radius 2 is 1.84 bits per heavy atom. The predicted octanol–water partition coefficient (Wildman–Crippen LogP) is 3.76. The van der Waals surface area contributed by atoms with E-state index < -0.39 is 16.0 Å². The molecule has 2 saturated heterocycles. The first-order valence-electron chi connectivity index (χ1n) is 10.8. The van der Waals surface area contributed by atoms with Crippen molar-refractivity contribution >= 4 is 42.7 Å². The van der Waals surface area contributed by atoms with Crippen molar-refractivity contribution in [2.75, 3.05) is 31.1 Å². The van der Waals surface area contributed by atoms with Gasteiger partial charge in [0.05, 0.1) is 33.8 Å². The minimum absolute atomic E-state index is 0.201. The number of benzene rings is 2. The minimum atomic E-state index is -3.53. The summed E-state index contributed by atoms with van der Waals surface area (Å²) < 4.78 is 34.0. The van der Waals surface area contributed by atoms with E-state index in [0.717, 1.165) is 28.2 Å². The van der Waals surface area contributed by atoms with Crippen LogP contribution in [0, 0.1) is 5.92 Å². The first-order chi connectivity index (χ1) is 15.4. The number of rotatable bonds is 5. The summed E-state index contributed by atoms with van der Waals surface area (Å²) in [5, 5.41) is 0.931. The van der Waals surface area contributed by atoms with Gasteiger partial charge in [0.2, 0.25) is 10.0 Å². The Morgan fingerprint density at radius 1 is 1.09 bits per heavy atom. The summed E-state index contributed by atoms with van der Waals surface area (Å²) in [6, 6.07) is 14.1. The average Bonchev–Trinajstić information content (AvgIpc) is 3.19. The number of fused-ring (bicyclic) bond motifs is 1. The van der Waals surface area contributed by atoms with Crippen LogP contribution in [0.3, 0.4) is 0 Å². The van der Waals surface area contributed by atoms with Crippen LogP contribution >= 0.6 is 11.3 Å². The highest BCUT2D eigenvalue weighted by Gasteiger charge is 2.33. The van der Waals surface area contributed by atoms with Gasteiger partial charge in [0.25, 0.3) is 0 Å². The van der Waals surface area contributed by atoms with Gasteiger partial charge in [-0.05, 0) is 55.2 Å². The minimum Gasteiger partial charge on any atom is -0.455 e. The molecule has 0 radical (unpaired) electrons. The number of hydrogen-bond acceptors (Lipinski definition) is 7. The van der Waals surface area contributed by atoms with Crippen molar-refractivity contribution in [3.05, 3.63) is 54.1 Å². The topological polar surface area (TPSA) is 79.8 Å². The Hall–Kier alpha value is -2.49. The van der Waals surface area contributed by atoms with Gasteiger partial charge in [-0.1, -0.05) is 30.4 Å². The van der Waals surface area contributed by atoms with E-state index in [-0.39, 0.29) is 11.0 Å². The van der Waals surface area contributed by atoms with Gasteiger partial charge in [-0.3, -0.25) is 0 Å². The Labute approximate surface area is 191 Å². The third-order valence-corrected chi connectivity index (χ3v) is 9.00. The van der Waals surface area contributed by atoms with Crippen LogP contribution in [0.2, 0.25) is 0 Å². The van der Waals surface area contributed by atoms with Gasteiger partial charge in [-0.2, -0.15) is 4.31 Å². The maximum absolute atomic E-state index is 12.9. The molecule has 3 aromatic rings. The molecular weight excluding hydrogens is 446 g/mol. The predicted molar refractivity (Wildman–Crippen MR) is 125 cm³/mol. The zero-order chi connectivity index (χ0) is 22.3. The zero-order valence-corrected chi connectivity index (χ0v) is 19.4. The van der Waals surface area contributed by atoms with E-state index >= 15 is 0 Å². The number of nitrogens with zero attached hydrogens (tertiary/aromatic N) is 3. The van der Waals surface area contributed by atoms with Gasteiger partial charge in [0.1, 0.15) is 6.10 Å². The highest BCUT2D eigenvalue weighted by atomic mass is 32.2. The number of carbonyl (C=O) groups excluding carboxylic acids is 1. The quantitative estimate of drug-likeness (QED) is 0.527. The number of carbonyl (C=O) groups is 1. The fourth-order valence-electron chi connectivity index (χ4n) is 4.16. The summed E-state index contributed by atoms with van der Waals surface area (Å²) >= 11 is 1.63. The Bertz CT molecular complexity index is 1200. The number of esters is 1. The third kappa shape index (κ3) is 4.12. The Kier molecular flexibility index (Phi) is 5.65. The average molecular weight is 472 g/mol. The molecule has 2 aromatic carbocycles. The van der Waals surface area contributed by atoms with Crippen LogP contribution in [-0.2, 0) is 14.8 Å². The summed E-state index contributed by atoms with van der Waals surface area (Å²) in [4.78, 5) is 19.5. The highest BCUT2D eigenvalue weighted by molar-refractivity contribution is 7.89. The van der Waals surface area contributed by atoms with E-state index in [2.05, 4.69) is 16.8 Å². The van der Waals surface area contributed by atoms with Crippen molar-refractivity contribution in [3.8, 4) is 0 Å². The molecule has 0 amide bonds. The van der Waals surface area contributed by atoms with Crippen molar-refractivity contribution in [2.45, 2.75) is 30.8 Å². The molecule has 2 fully saturated rings. The van der Waals surface area contributed by atoms with E-state index in [9.17, 15) is 13.2 Å². The molecule has 0 spiro atoms. The summed E-state index contributed by atoms with van der Waals surface area (Å²) in [5.41, 5.74) is 1.33. The molecule has 0 bridgehead atoms. The normalized spacial score (nSPS) is 20.3. The molecule has 1 unspecified atom stereocenters. The standard InChI is InChI=1S/C23H25N3O4S2/c1-16-5-4-12-26(13-16)32(28,29)19-10-8-17(9-11-19)22(27)30-18-14-25(15-18)23-24-20-6-2-3-7-21(20)31-23/h2-3,6-11,16,18H,4-5,12-15H2,1H3. The van der Waals surface area contributed by atoms with Crippen LogP contribution in [0.5, 0.6) is 0 Å². The van der Waals surface area contributed by atoms with Crippen molar-refractivity contribution in [3.63, 3.8) is 0 Å². The molecule has 32 heavy (non-hydrogen) atoms. The van der Waals surface area contributed by atoms with E-state index in [4.69, 9.17) is 4.74 Å². The van der Waals surface area contributed by atoms with Gasteiger partial charge in [0.15, 0.2) is 5.13 Å². The van der Waals surface area contributed by atoms with Gasteiger partial charge in [-0.15, -0.1) is 0 Å². The lowest BCUT2D eigenvalue weighted by Crippen LogP contribution is -2.53. The van der Waals surface area contributed by atoms with E-state index in [1.165, 1.54) is 24.3 Å². The van der Waals surface area contributed by atoms with E-state index in [1.807, 2.05) is 24.3 Å². The number of ether oxygens (including phenoxy) is 1. The summed E-state index contributed by atoms with van der Waals surface area (Å²) in [6.45, 7) is 4.36. The molecule has 1 atom stereocenters. The first-order valence-corrected chi connectivity index (χ1v) is 13.1. The number of sulfonamides is 1. The fourth-order valence-corrected chi connectivity index (χ4v) is 6.74. The van der Waals surface area contributed by atoms with E-state index in [0.29, 0.717) is 37.7 Å². The summed E-state index contributed by atoms with van der Waals surface area (Å²) in [6.07, 6.45) is 1.72. The van der Waals surface area contributed by atoms with Gasteiger partial charge in [0, 0.05) is 13.1 Å². The van der Waals surface area contributed by atoms with Crippen LogP contribution in [-0.4, -0.2) is 56.0 Å². The van der Waals surface area contributed by atoms with Crippen molar-refractivity contribution in [2.24, 2.45) is 5.92 Å². The lowest BCUT2D eigenvalue weighted by Gasteiger charge is -2.38. The molecule has 2 aliphatic rings. The molecule has 3 heterocycles. The third-order valence-electron chi connectivity index (χ3n) is 6.02. The fraction of sp³-hybridized carbons (Fsp3) is 0.391. The second kappa shape index (κ2) is 8.46. The van der Waals surface area contributed by atoms with Gasteiger partial charge < -0.3 is 9.64 Å². The second-order valence-corrected chi connectivity index (χ2v) is 11.5. The molecular formula is C23H25N3O4S2. The SMILES string of the molecule is CC1CCCN(S(=O)(=O)c2ccc(C(=O)OC3CN(c4nc5ccccc5s4)C3)cc2)C1. The Morgan fingerprint density at radius 3 is 2.56 bits per heavy atom. The number of hydrogen-bond donors (Lipinski definition) is 0. The van der Waals surface area contributed by atoms with Gasteiger partial charge in [-0.25, -0.2) is 18.2 Å². The molecule has 9 heteroatoms. The van der Waals surface area contributed by atoms with Crippen LogP contribution in [0.25, 0.3) is 10.2 Å². The number of aromatic nitrogens is 1. The number of piperidine rings is 1. The van der Waals surface area contributed by atoms with E-state index in [1.54, 1.807) is 15.6 Å². The maximum atomic E-state index is 12.9. The van der Waals surface area contributed by atoms with Crippen LogP contribution in [0.15, 0.2) is 53.4 Å². The first kappa shape index (κ1) is 21.4. The van der Waals surface area contributed by atoms with Crippen molar-refractivity contribution < 1.29 is 17.9 Å². The summed E-state index contributed by atoms with van der Waals surface area (Å²) in [5.74, 6) is -0.0768. The second-order valence-electron chi connectivity index (χ2n) is 8.53. The highest BCUT2D eigenvalue weighted by Crippen LogP contribution is 2.32. The molecule has 7 nitrogen and oxygen atoms in total. The molecule has 168 valence electrons. The molecule has 5 rings (SSSR count). The lowest BCUT2D eigenvalue weighted by atomic mass is 10.0. The van der Waals surface area contributed by atoms with Gasteiger partial charge >= 0.3 is 5.97 Å². The molecule has 0 saturated carbocycles. The number of para-hydroxylation sites is 1. The van der Waals surface area contributed by atoms with Crippen LogP contribution in [0.1, 0.15) is 30.1 Å². The monoisotopic (exact) mass is 471 g/mol. The van der Waals surface area contributed by atoms with Crippen LogP contribution < -0.4 is 4.90 Å². The molecule has 0 aliphatic carbocycles. The molecule has 2 aliphatic heterocycles. The largest absolute Gasteiger partial charge is 0.455 e. The van der Waals surface area contributed by atoms with Crippen molar-refractivity contribution in [1.82, 2.24) is 9.29 Å². The number of thiazole rings is 1. The lowest BCUT2D eigenvalue weighted by molar-refractivity contribution is 0.0234. The van der Waals surface area contributed by atoms with Crippen LogP contribution in [0.4, 0.5) is 5.13 Å². The zero-order valence-electron chi connectivity index (χ0n) is 17.8. The maximum Gasteiger partial charge on any atom is 0.338 e. The summed E-state index contributed by atoms with van der Waals surface area (Å²) in [7, 11) is -3.53. The number of anilines is 1. The molecule has 0 N–H and O–H groups in total. The smallest absolute Gasteiger partial charge is 0.338 e. The molecule has 1 aromatic heterocycles. The van der Waals surface area contributed by atoms with Crippen molar-refractivity contribution in [1.29, 1.82) is 0 Å². The Balaban J connectivity index is 1.18.